The van der Waals surface area contributed by atoms with Crippen LogP contribution in [0.1, 0.15) is 12.1 Å². The van der Waals surface area contributed by atoms with E-state index in [0.717, 1.165) is 5.69 Å². The molecule has 6 nitrogen and oxygen atoms in total. The van der Waals surface area contributed by atoms with E-state index >= 15 is 0 Å². The third-order valence-corrected chi connectivity index (χ3v) is 5.91. The summed E-state index contributed by atoms with van der Waals surface area (Å²) in [4.78, 5) is 16.0. The van der Waals surface area contributed by atoms with Gasteiger partial charge in [-0.25, -0.2) is 13.4 Å². The number of ether oxygens (including phenoxy) is 1. The number of benzene rings is 1. The molecule has 1 heterocycles. The van der Waals surface area contributed by atoms with Crippen LogP contribution in [0, 0.1) is 0 Å². The minimum atomic E-state index is -3.58. The Bertz CT molecular complexity index is 792. The van der Waals surface area contributed by atoms with E-state index in [4.69, 9.17) is 16.3 Å². The summed E-state index contributed by atoms with van der Waals surface area (Å²) in [5.74, 6) is -0.193. The van der Waals surface area contributed by atoms with Crippen LogP contribution in [0.3, 0.4) is 0 Å². The van der Waals surface area contributed by atoms with Gasteiger partial charge < -0.3 is 10.1 Å². The molecule has 0 aliphatic carbocycles. The van der Waals surface area contributed by atoms with Crippen LogP contribution in [-0.2, 0) is 21.1 Å². The SMILES string of the molecule is COc1ccc(S(=O)(=O)CCC(=O)NCCc2cscn2)cc1Cl. The van der Waals surface area contributed by atoms with Crippen LogP contribution in [0.4, 0.5) is 0 Å². The molecule has 24 heavy (non-hydrogen) atoms. The van der Waals surface area contributed by atoms with E-state index in [1.165, 1.54) is 36.6 Å². The van der Waals surface area contributed by atoms with Gasteiger partial charge in [-0.1, -0.05) is 11.6 Å². The third-order valence-electron chi connectivity index (χ3n) is 3.27. The molecule has 2 rings (SSSR count). The number of aromatic nitrogens is 1. The van der Waals surface area contributed by atoms with Crippen molar-refractivity contribution in [1.29, 1.82) is 0 Å². The Morgan fingerprint density at radius 3 is 2.83 bits per heavy atom. The smallest absolute Gasteiger partial charge is 0.221 e. The van der Waals surface area contributed by atoms with Gasteiger partial charge in [0.1, 0.15) is 5.75 Å². The van der Waals surface area contributed by atoms with Gasteiger partial charge in [0.2, 0.25) is 5.91 Å². The van der Waals surface area contributed by atoms with Gasteiger partial charge in [-0.05, 0) is 18.2 Å². The molecule has 0 aliphatic rings. The Morgan fingerprint density at radius 1 is 1.42 bits per heavy atom. The molecule has 1 aromatic carbocycles. The number of nitrogens with one attached hydrogen (secondary N) is 1. The molecule has 0 saturated carbocycles. The van der Waals surface area contributed by atoms with Gasteiger partial charge in [-0.2, -0.15) is 0 Å². The molecule has 2 aromatic rings. The lowest BCUT2D eigenvalue weighted by atomic mass is 10.3. The number of nitrogens with zero attached hydrogens (tertiary/aromatic N) is 1. The molecule has 0 bridgehead atoms. The van der Waals surface area contributed by atoms with Crippen molar-refractivity contribution in [1.82, 2.24) is 10.3 Å². The van der Waals surface area contributed by atoms with Crippen molar-refractivity contribution in [2.45, 2.75) is 17.7 Å². The zero-order valence-electron chi connectivity index (χ0n) is 13.0. The molecule has 0 aliphatic heterocycles. The summed E-state index contributed by atoms with van der Waals surface area (Å²) in [7, 11) is -2.13. The van der Waals surface area contributed by atoms with Crippen molar-refractivity contribution in [2.24, 2.45) is 0 Å². The fraction of sp³-hybridized carbons (Fsp3) is 0.333. The third kappa shape index (κ3) is 5.19. The topological polar surface area (TPSA) is 85.4 Å². The fourth-order valence-electron chi connectivity index (χ4n) is 1.96. The molecule has 0 radical (unpaired) electrons. The van der Waals surface area contributed by atoms with E-state index in [1.54, 1.807) is 5.51 Å². The summed E-state index contributed by atoms with van der Waals surface area (Å²) in [6.45, 7) is 0.428. The molecular weight excluding hydrogens is 372 g/mol. The quantitative estimate of drug-likeness (QED) is 0.750. The second kappa shape index (κ2) is 8.46. The first-order chi connectivity index (χ1) is 11.4. The van der Waals surface area contributed by atoms with Gasteiger partial charge >= 0.3 is 0 Å². The molecule has 1 aromatic heterocycles. The molecular formula is C15H17ClN2O4S2. The van der Waals surface area contributed by atoms with Crippen LogP contribution < -0.4 is 10.1 Å². The van der Waals surface area contributed by atoms with E-state index < -0.39 is 9.84 Å². The van der Waals surface area contributed by atoms with E-state index in [2.05, 4.69) is 10.3 Å². The van der Waals surface area contributed by atoms with Crippen LogP contribution in [0.5, 0.6) is 5.75 Å². The van der Waals surface area contributed by atoms with Crippen LogP contribution >= 0.6 is 22.9 Å². The highest BCUT2D eigenvalue weighted by molar-refractivity contribution is 7.91. The van der Waals surface area contributed by atoms with E-state index in [9.17, 15) is 13.2 Å². The monoisotopic (exact) mass is 388 g/mol. The van der Waals surface area contributed by atoms with Crippen molar-refractivity contribution < 1.29 is 17.9 Å². The molecule has 0 fully saturated rings. The van der Waals surface area contributed by atoms with Crippen LogP contribution in [0.2, 0.25) is 5.02 Å². The van der Waals surface area contributed by atoms with Crippen molar-refractivity contribution in [3.63, 3.8) is 0 Å². The number of thiazole rings is 1. The second-order valence-corrected chi connectivity index (χ2v) is 8.18. The summed E-state index contributed by atoms with van der Waals surface area (Å²) >= 11 is 7.43. The number of rotatable bonds is 8. The average molecular weight is 389 g/mol. The standard InChI is InChI=1S/C15H17ClN2O4S2/c1-22-14-3-2-12(8-13(14)16)24(20,21)7-5-15(19)17-6-4-11-9-23-10-18-11/h2-3,8-10H,4-7H2,1H3,(H,17,19). The van der Waals surface area contributed by atoms with Crippen molar-refractivity contribution in [3.8, 4) is 5.75 Å². The first-order valence-electron chi connectivity index (χ1n) is 7.12. The summed E-state index contributed by atoms with van der Waals surface area (Å²) in [5, 5.41) is 4.81. The molecule has 1 N–H and O–H groups in total. The number of hydrogen-bond acceptors (Lipinski definition) is 6. The van der Waals surface area contributed by atoms with Crippen molar-refractivity contribution >= 4 is 38.7 Å². The Hall–Kier alpha value is -1.64. The van der Waals surface area contributed by atoms with Gasteiger partial charge in [-0.15, -0.1) is 11.3 Å². The van der Waals surface area contributed by atoms with Gasteiger partial charge in [0.15, 0.2) is 9.84 Å². The molecule has 0 atom stereocenters. The Balaban J connectivity index is 1.85. The normalized spacial score (nSPS) is 11.2. The maximum Gasteiger partial charge on any atom is 0.221 e. The minimum absolute atomic E-state index is 0.0728. The maximum absolute atomic E-state index is 12.3. The predicted octanol–water partition coefficient (Wildman–Crippen LogP) is 2.33. The summed E-state index contributed by atoms with van der Waals surface area (Å²) in [6.07, 6.45) is 0.513. The molecule has 130 valence electrons. The van der Waals surface area contributed by atoms with E-state index in [1.807, 2.05) is 5.38 Å². The lowest BCUT2D eigenvalue weighted by Crippen LogP contribution is -2.27. The first kappa shape index (κ1) is 18.7. The number of sulfone groups is 1. The molecule has 0 spiro atoms. The average Bonchev–Trinajstić information content (AvgIpc) is 3.06. The largest absolute Gasteiger partial charge is 0.495 e. The van der Waals surface area contributed by atoms with Crippen molar-refractivity contribution in [3.05, 3.63) is 39.8 Å². The zero-order chi connectivity index (χ0) is 17.6. The van der Waals surface area contributed by atoms with Crippen LogP contribution in [0.25, 0.3) is 0 Å². The number of amides is 1. The number of carbonyl (C=O) groups is 1. The lowest BCUT2D eigenvalue weighted by molar-refractivity contribution is -0.120. The number of halogens is 1. The molecule has 0 saturated heterocycles. The van der Waals surface area contributed by atoms with Gasteiger partial charge in [0, 0.05) is 24.8 Å². The minimum Gasteiger partial charge on any atom is -0.495 e. The number of carbonyl (C=O) groups excluding carboxylic acids is 1. The summed E-state index contributed by atoms with van der Waals surface area (Å²) in [5.41, 5.74) is 2.63. The summed E-state index contributed by atoms with van der Waals surface area (Å²) in [6, 6.07) is 4.24. The Kier molecular flexibility index (Phi) is 6.59. The fourth-order valence-corrected chi connectivity index (χ4v) is 4.14. The van der Waals surface area contributed by atoms with E-state index in [-0.39, 0.29) is 28.0 Å². The first-order valence-corrected chi connectivity index (χ1v) is 10.1. The highest BCUT2D eigenvalue weighted by Gasteiger charge is 2.18. The second-order valence-electron chi connectivity index (χ2n) is 4.94. The highest BCUT2D eigenvalue weighted by atomic mass is 35.5. The van der Waals surface area contributed by atoms with Gasteiger partial charge in [-0.3, -0.25) is 4.79 Å². The predicted molar refractivity (Wildman–Crippen MR) is 93.5 cm³/mol. The Labute approximate surface area is 149 Å². The number of hydrogen-bond donors (Lipinski definition) is 1. The van der Waals surface area contributed by atoms with Gasteiger partial charge in [0.05, 0.1) is 34.0 Å². The maximum atomic E-state index is 12.3. The molecule has 1 amide bonds. The molecule has 9 heteroatoms. The van der Waals surface area contributed by atoms with Crippen LogP contribution in [0.15, 0.2) is 34.0 Å². The van der Waals surface area contributed by atoms with Crippen molar-refractivity contribution in [2.75, 3.05) is 19.4 Å². The Morgan fingerprint density at radius 2 is 2.21 bits per heavy atom. The van der Waals surface area contributed by atoms with Gasteiger partial charge in [0.25, 0.3) is 0 Å². The highest BCUT2D eigenvalue weighted by Crippen LogP contribution is 2.27. The molecule has 0 unspecified atom stereocenters. The summed E-state index contributed by atoms with van der Waals surface area (Å²) < 4.78 is 29.5. The lowest BCUT2D eigenvalue weighted by Gasteiger charge is -2.08. The number of methoxy groups -OCH3 is 1. The van der Waals surface area contributed by atoms with Crippen LogP contribution in [-0.4, -0.2) is 38.7 Å². The van der Waals surface area contributed by atoms with E-state index in [0.29, 0.717) is 18.7 Å². The zero-order valence-corrected chi connectivity index (χ0v) is 15.4.